The molecular weight excluding hydrogens is 449 g/mol. The number of rotatable bonds is 3. The highest BCUT2D eigenvalue weighted by molar-refractivity contribution is 9.10. The molecule has 1 aliphatic rings. The molecule has 0 bridgehead atoms. The van der Waals surface area contributed by atoms with Gasteiger partial charge in [-0.25, -0.2) is 21.6 Å². The van der Waals surface area contributed by atoms with Crippen LogP contribution >= 0.6 is 15.9 Å². The lowest BCUT2D eigenvalue weighted by atomic mass is 10.2. The molecule has 5 nitrogen and oxygen atoms in total. The first-order valence-corrected chi connectivity index (χ1v) is 10.1. The SMILES string of the molecule is O=C(c1cc(F)ccc1Br)N1CCN(S(=O)(=O)c2c(F)cccc2F)CC1. The molecule has 0 saturated carbocycles. The number of sulfonamides is 1. The molecule has 1 amide bonds. The van der Waals surface area contributed by atoms with Gasteiger partial charge < -0.3 is 4.90 Å². The minimum Gasteiger partial charge on any atom is -0.336 e. The summed E-state index contributed by atoms with van der Waals surface area (Å²) in [5, 5.41) is 0. The summed E-state index contributed by atoms with van der Waals surface area (Å²) in [7, 11) is -4.38. The van der Waals surface area contributed by atoms with Gasteiger partial charge in [-0.2, -0.15) is 4.31 Å². The van der Waals surface area contributed by atoms with Gasteiger partial charge in [0, 0.05) is 30.7 Å². The van der Waals surface area contributed by atoms with Crippen molar-refractivity contribution in [2.24, 2.45) is 0 Å². The molecule has 1 aliphatic heterocycles. The fourth-order valence-corrected chi connectivity index (χ4v) is 4.77. The quantitative estimate of drug-likeness (QED) is 0.704. The Hall–Kier alpha value is -1.91. The van der Waals surface area contributed by atoms with Crippen molar-refractivity contribution in [3.05, 3.63) is 63.9 Å². The molecule has 27 heavy (non-hydrogen) atoms. The molecule has 2 aromatic carbocycles. The van der Waals surface area contributed by atoms with E-state index in [2.05, 4.69) is 15.9 Å². The van der Waals surface area contributed by atoms with Crippen LogP contribution in [0, 0.1) is 17.5 Å². The Morgan fingerprint density at radius 3 is 2.15 bits per heavy atom. The van der Waals surface area contributed by atoms with Crippen molar-refractivity contribution in [3.8, 4) is 0 Å². The number of carbonyl (C=O) groups excluding carboxylic acids is 1. The fraction of sp³-hybridized carbons (Fsp3) is 0.235. The third kappa shape index (κ3) is 3.87. The van der Waals surface area contributed by atoms with Crippen LogP contribution in [-0.2, 0) is 10.0 Å². The van der Waals surface area contributed by atoms with Gasteiger partial charge in [-0.1, -0.05) is 6.07 Å². The summed E-state index contributed by atoms with van der Waals surface area (Å²) >= 11 is 3.18. The highest BCUT2D eigenvalue weighted by Gasteiger charge is 2.34. The first-order valence-electron chi connectivity index (χ1n) is 7.90. The number of nitrogens with zero attached hydrogens (tertiary/aromatic N) is 2. The van der Waals surface area contributed by atoms with Crippen LogP contribution in [0.3, 0.4) is 0 Å². The molecule has 10 heteroatoms. The molecular formula is C17H14BrF3N2O3S. The van der Waals surface area contributed by atoms with E-state index in [1.54, 1.807) is 0 Å². The van der Waals surface area contributed by atoms with Gasteiger partial charge in [-0.3, -0.25) is 4.79 Å². The third-order valence-corrected chi connectivity index (χ3v) is 6.84. The molecule has 1 saturated heterocycles. The lowest BCUT2D eigenvalue weighted by Gasteiger charge is -2.34. The summed E-state index contributed by atoms with van der Waals surface area (Å²) in [5.41, 5.74) is 0.117. The first kappa shape index (κ1) is 19.8. The van der Waals surface area contributed by atoms with Crippen molar-refractivity contribution in [2.45, 2.75) is 4.90 Å². The summed E-state index contributed by atoms with van der Waals surface area (Å²) in [5.74, 6) is -3.37. The molecule has 2 aromatic rings. The Labute approximate surface area is 162 Å². The van der Waals surface area contributed by atoms with Crippen molar-refractivity contribution in [3.63, 3.8) is 0 Å². The topological polar surface area (TPSA) is 57.7 Å². The zero-order valence-corrected chi connectivity index (χ0v) is 16.2. The van der Waals surface area contributed by atoms with E-state index in [-0.39, 0.29) is 31.7 Å². The molecule has 0 spiro atoms. The van der Waals surface area contributed by atoms with E-state index >= 15 is 0 Å². The lowest BCUT2D eigenvalue weighted by molar-refractivity contribution is 0.0696. The van der Waals surface area contributed by atoms with Crippen molar-refractivity contribution >= 4 is 31.9 Å². The molecule has 0 aliphatic carbocycles. The second-order valence-corrected chi connectivity index (χ2v) is 8.60. The van der Waals surface area contributed by atoms with E-state index in [1.165, 1.54) is 17.0 Å². The Kier molecular flexibility index (Phi) is 5.59. The van der Waals surface area contributed by atoms with Crippen LogP contribution in [0.2, 0.25) is 0 Å². The number of piperazine rings is 1. The van der Waals surface area contributed by atoms with Gasteiger partial charge in [0.05, 0.1) is 5.56 Å². The average molecular weight is 463 g/mol. The van der Waals surface area contributed by atoms with Gasteiger partial charge in [0.2, 0.25) is 10.0 Å². The highest BCUT2D eigenvalue weighted by atomic mass is 79.9. The van der Waals surface area contributed by atoms with E-state index in [0.717, 1.165) is 28.6 Å². The smallest absolute Gasteiger partial charge is 0.255 e. The number of carbonyl (C=O) groups is 1. The number of amides is 1. The van der Waals surface area contributed by atoms with Crippen LogP contribution in [0.5, 0.6) is 0 Å². The predicted molar refractivity (Wildman–Crippen MR) is 95.1 cm³/mol. The molecule has 0 N–H and O–H groups in total. The lowest BCUT2D eigenvalue weighted by Crippen LogP contribution is -2.50. The Morgan fingerprint density at radius 1 is 0.963 bits per heavy atom. The van der Waals surface area contributed by atoms with Crippen LogP contribution in [-0.4, -0.2) is 49.7 Å². The summed E-state index contributed by atoms with van der Waals surface area (Å²) in [4.78, 5) is 12.9. The molecule has 0 radical (unpaired) electrons. The largest absolute Gasteiger partial charge is 0.336 e. The summed E-state index contributed by atoms with van der Waals surface area (Å²) in [6.07, 6.45) is 0. The van der Waals surface area contributed by atoms with Crippen molar-refractivity contribution in [1.82, 2.24) is 9.21 Å². The monoisotopic (exact) mass is 462 g/mol. The first-order chi connectivity index (χ1) is 12.7. The van der Waals surface area contributed by atoms with Crippen LogP contribution in [0.4, 0.5) is 13.2 Å². The molecule has 1 heterocycles. The standard InChI is InChI=1S/C17H14BrF3N2O3S/c18-13-5-4-11(19)10-12(13)17(24)22-6-8-23(9-7-22)27(25,26)16-14(20)2-1-3-15(16)21/h1-5,10H,6-9H2. The normalized spacial score (nSPS) is 15.8. The van der Waals surface area contributed by atoms with Gasteiger partial charge in [0.15, 0.2) is 4.90 Å². The molecule has 0 aromatic heterocycles. The summed E-state index contributed by atoms with van der Waals surface area (Å²) < 4.78 is 67.6. The zero-order chi connectivity index (χ0) is 19.8. The van der Waals surface area contributed by atoms with Crippen LogP contribution < -0.4 is 0 Å². The number of hydrogen-bond donors (Lipinski definition) is 0. The Morgan fingerprint density at radius 2 is 1.56 bits per heavy atom. The van der Waals surface area contributed by atoms with Gasteiger partial charge >= 0.3 is 0 Å². The van der Waals surface area contributed by atoms with Gasteiger partial charge in [-0.15, -0.1) is 0 Å². The minimum absolute atomic E-state index is 0.0110. The summed E-state index contributed by atoms with van der Waals surface area (Å²) in [6.45, 7) is -0.238. The number of halogens is 4. The third-order valence-electron chi connectivity index (χ3n) is 4.20. The van der Waals surface area contributed by atoms with E-state index in [0.29, 0.717) is 4.47 Å². The van der Waals surface area contributed by atoms with Crippen LogP contribution in [0.1, 0.15) is 10.4 Å². The number of benzene rings is 2. The molecule has 0 unspecified atom stereocenters. The van der Waals surface area contributed by atoms with E-state index in [4.69, 9.17) is 0 Å². The summed E-state index contributed by atoms with van der Waals surface area (Å²) in [6, 6.07) is 6.52. The minimum atomic E-state index is -4.38. The van der Waals surface area contributed by atoms with Crippen LogP contribution in [0.15, 0.2) is 45.8 Å². The predicted octanol–water partition coefficient (Wildman–Crippen LogP) is 3.01. The van der Waals surface area contributed by atoms with E-state index < -0.39 is 38.3 Å². The average Bonchev–Trinajstić information content (AvgIpc) is 2.63. The fourth-order valence-electron chi connectivity index (χ4n) is 2.82. The van der Waals surface area contributed by atoms with Crippen LogP contribution in [0.25, 0.3) is 0 Å². The Bertz CT molecular complexity index is 973. The second-order valence-electron chi connectivity index (χ2n) is 5.87. The molecule has 1 fully saturated rings. The van der Waals surface area contributed by atoms with Gasteiger partial charge in [-0.05, 0) is 46.3 Å². The van der Waals surface area contributed by atoms with Crippen molar-refractivity contribution in [1.29, 1.82) is 0 Å². The van der Waals surface area contributed by atoms with Crippen molar-refractivity contribution in [2.75, 3.05) is 26.2 Å². The second kappa shape index (κ2) is 7.61. The number of hydrogen-bond acceptors (Lipinski definition) is 3. The Balaban J connectivity index is 1.77. The maximum atomic E-state index is 13.9. The molecule has 144 valence electrons. The van der Waals surface area contributed by atoms with Crippen molar-refractivity contribution < 1.29 is 26.4 Å². The van der Waals surface area contributed by atoms with E-state index in [9.17, 15) is 26.4 Å². The zero-order valence-electron chi connectivity index (χ0n) is 13.8. The van der Waals surface area contributed by atoms with Gasteiger partial charge in [0.1, 0.15) is 17.5 Å². The molecule has 0 atom stereocenters. The highest BCUT2D eigenvalue weighted by Crippen LogP contribution is 2.25. The van der Waals surface area contributed by atoms with E-state index in [1.807, 2.05) is 0 Å². The maximum absolute atomic E-state index is 13.9. The maximum Gasteiger partial charge on any atom is 0.255 e. The molecule has 3 rings (SSSR count). The van der Waals surface area contributed by atoms with Gasteiger partial charge in [0.25, 0.3) is 5.91 Å².